The zero-order valence-corrected chi connectivity index (χ0v) is 9.86. The van der Waals surface area contributed by atoms with Gasteiger partial charge in [0.05, 0.1) is 6.61 Å². The Morgan fingerprint density at radius 2 is 2.19 bits per heavy atom. The number of carboxylic acid groups (broad SMARTS) is 1. The van der Waals surface area contributed by atoms with Crippen LogP contribution in [0.4, 0.5) is 0 Å². The highest BCUT2D eigenvalue weighted by Gasteiger charge is 2.14. The van der Waals surface area contributed by atoms with Crippen LogP contribution in [-0.4, -0.2) is 22.7 Å². The van der Waals surface area contributed by atoms with Crippen LogP contribution in [-0.2, 0) is 0 Å². The maximum Gasteiger partial charge on any atom is 0.358 e. The van der Waals surface area contributed by atoms with E-state index in [1.807, 2.05) is 0 Å². The normalized spacial score (nSPS) is 11.2. The second-order valence-corrected chi connectivity index (χ2v) is 4.81. The Morgan fingerprint density at radius 3 is 2.75 bits per heavy atom. The molecule has 88 valence electrons. The van der Waals surface area contributed by atoms with E-state index < -0.39 is 5.97 Å². The zero-order valence-electron chi connectivity index (χ0n) is 9.86. The number of pyridine rings is 1. The molecule has 0 bridgehead atoms. The van der Waals surface area contributed by atoms with Crippen molar-refractivity contribution < 1.29 is 14.6 Å². The first kappa shape index (κ1) is 12.5. The Hall–Kier alpha value is -1.58. The molecule has 1 rings (SSSR count). The van der Waals surface area contributed by atoms with E-state index in [1.54, 1.807) is 12.1 Å². The molecule has 0 aliphatic heterocycles. The van der Waals surface area contributed by atoms with Gasteiger partial charge in [0.15, 0.2) is 11.4 Å². The third-order valence-corrected chi connectivity index (χ3v) is 2.08. The second kappa shape index (κ2) is 4.96. The third kappa shape index (κ3) is 3.88. The molecule has 0 spiro atoms. The predicted molar refractivity (Wildman–Crippen MR) is 60.8 cm³/mol. The molecule has 0 unspecified atom stereocenters. The number of rotatable bonds is 4. The van der Waals surface area contributed by atoms with Crippen molar-refractivity contribution in [2.45, 2.75) is 27.2 Å². The summed E-state index contributed by atoms with van der Waals surface area (Å²) in [6, 6.07) is 3.29. The maximum absolute atomic E-state index is 10.8. The first-order chi connectivity index (χ1) is 7.40. The number of aromatic nitrogens is 1. The van der Waals surface area contributed by atoms with Gasteiger partial charge in [0.25, 0.3) is 0 Å². The number of aromatic carboxylic acids is 1. The minimum Gasteiger partial charge on any atom is -0.491 e. The van der Waals surface area contributed by atoms with Gasteiger partial charge in [-0.1, -0.05) is 20.8 Å². The summed E-state index contributed by atoms with van der Waals surface area (Å²) in [5.41, 5.74) is 0.141. The van der Waals surface area contributed by atoms with Crippen LogP contribution >= 0.6 is 0 Å². The SMILES string of the molecule is CC(C)(C)CCOc1cccnc1C(=O)O. The van der Waals surface area contributed by atoms with Crippen molar-refractivity contribution in [1.29, 1.82) is 0 Å². The van der Waals surface area contributed by atoms with Crippen LogP contribution in [0.15, 0.2) is 18.3 Å². The molecule has 0 aliphatic carbocycles. The molecule has 4 nitrogen and oxygen atoms in total. The zero-order chi connectivity index (χ0) is 12.2. The van der Waals surface area contributed by atoms with Crippen molar-refractivity contribution in [2.75, 3.05) is 6.61 Å². The highest BCUT2D eigenvalue weighted by atomic mass is 16.5. The van der Waals surface area contributed by atoms with E-state index in [0.29, 0.717) is 12.4 Å². The van der Waals surface area contributed by atoms with E-state index in [1.165, 1.54) is 6.20 Å². The van der Waals surface area contributed by atoms with Gasteiger partial charge >= 0.3 is 5.97 Å². The summed E-state index contributed by atoms with van der Waals surface area (Å²) in [7, 11) is 0. The summed E-state index contributed by atoms with van der Waals surface area (Å²) in [5, 5.41) is 8.88. The van der Waals surface area contributed by atoms with E-state index in [2.05, 4.69) is 25.8 Å². The monoisotopic (exact) mass is 223 g/mol. The fourth-order valence-corrected chi connectivity index (χ4v) is 1.13. The first-order valence-corrected chi connectivity index (χ1v) is 5.21. The van der Waals surface area contributed by atoms with Gasteiger partial charge in [-0.05, 0) is 24.0 Å². The summed E-state index contributed by atoms with van der Waals surface area (Å²) in [6.07, 6.45) is 2.31. The van der Waals surface area contributed by atoms with Gasteiger partial charge in [-0.15, -0.1) is 0 Å². The van der Waals surface area contributed by atoms with Gasteiger partial charge in [0.1, 0.15) is 0 Å². The quantitative estimate of drug-likeness (QED) is 0.852. The van der Waals surface area contributed by atoms with E-state index in [9.17, 15) is 4.79 Å². The van der Waals surface area contributed by atoms with E-state index >= 15 is 0 Å². The Labute approximate surface area is 95.3 Å². The van der Waals surface area contributed by atoms with Crippen LogP contribution < -0.4 is 4.74 Å². The highest BCUT2D eigenvalue weighted by Crippen LogP contribution is 2.20. The minimum atomic E-state index is -1.06. The summed E-state index contributed by atoms with van der Waals surface area (Å²) in [6.45, 7) is 6.82. The lowest BCUT2D eigenvalue weighted by atomic mass is 9.93. The van der Waals surface area contributed by atoms with Crippen LogP contribution in [0.3, 0.4) is 0 Å². The molecule has 16 heavy (non-hydrogen) atoms. The molecule has 0 saturated heterocycles. The molecule has 0 aliphatic rings. The molecule has 1 N–H and O–H groups in total. The van der Waals surface area contributed by atoms with Crippen molar-refractivity contribution in [2.24, 2.45) is 5.41 Å². The molecule has 1 heterocycles. The molecule has 4 heteroatoms. The third-order valence-electron chi connectivity index (χ3n) is 2.08. The summed E-state index contributed by atoms with van der Waals surface area (Å²) in [5.74, 6) is -0.731. The van der Waals surface area contributed by atoms with Gasteiger partial charge in [-0.2, -0.15) is 0 Å². The van der Waals surface area contributed by atoms with Gasteiger partial charge in [0.2, 0.25) is 0 Å². The van der Waals surface area contributed by atoms with Crippen LogP contribution in [0.25, 0.3) is 0 Å². The van der Waals surface area contributed by atoms with Crippen LogP contribution in [0.1, 0.15) is 37.7 Å². The van der Waals surface area contributed by atoms with E-state index in [4.69, 9.17) is 9.84 Å². The Balaban J connectivity index is 2.64. The fourth-order valence-electron chi connectivity index (χ4n) is 1.13. The number of nitrogens with zero attached hydrogens (tertiary/aromatic N) is 1. The number of hydrogen-bond acceptors (Lipinski definition) is 3. The number of hydrogen-bond donors (Lipinski definition) is 1. The summed E-state index contributed by atoms with van der Waals surface area (Å²) < 4.78 is 5.43. The Bertz CT molecular complexity index is 369. The highest BCUT2D eigenvalue weighted by molar-refractivity contribution is 5.88. The molecular weight excluding hydrogens is 206 g/mol. The molecular formula is C12H17NO3. The lowest BCUT2D eigenvalue weighted by Crippen LogP contribution is -2.13. The maximum atomic E-state index is 10.8. The summed E-state index contributed by atoms with van der Waals surface area (Å²) >= 11 is 0. The van der Waals surface area contributed by atoms with Gasteiger partial charge < -0.3 is 9.84 Å². The average Bonchev–Trinajstić information content (AvgIpc) is 2.16. The fraction of sp³-hybridized carbons (Fsp3) is 0.500. The van der Waals surface area contributed by atoms with Crippen molar-refractivity contribution in [1.82, 2.24) is 4.98 Å². The molecule has 0 aromatic carbocycles. The summed E-state index contributed by atoms with van der Waals surface area (Å²) in [4.78, 5) is 14.6. The van der Waals surface area contributed by atoms with Crippen LogP contribution in [0.2, 0.25) is 0 Å². The number of carbonyl (C=O) groups is 1. The van der Waals surface area contributed by atoms with E-state index in [0.717, 1.165) is 6.42 Å². The molecule has 0 atom stereocenters. The van der Waals surface area contributed by atoms with Crippen LogP contribution in [0, 0.1) is 5.41 Å². The predicted octanol–water partition coefficient (Wildman–Crippen LogP) is 2.59. The van der Waals surface area contributed by atoms with Crippen molar-refractivity contribution in [3.05, 3.63) is 24.0 Å². The first-order valence-electron chi connectivity index (χ1n) is 5.21. The topological polar surface area (TPSA) is 59.4 Å². The number of ether oxygens (including phenoxy) is 1. The molecule has 0 fully saturated rings. The average molecular weight is 223 g/mol. The van der Waals surface area contributed by atoms with Crippen molar-refractivity contribution >= 4 is 5.97 Å². The number of carboxylic acids is 1. The molecule has 1 aromatic rings. The lowest BCUT2D eigenvalue weighted by Gasteiger charge is -2.18. The Kier molecular flexibility index (Phi) is 3.88. The van der Waals surface area contributed by atoms with Crippen molar-refractivity contribution in [3.8, 4) is 5.75 Å². The molecule has 0 amide bonds. The lowest BCUT2D eigenvalue weighted by molar-refractivity contribution is 0.0685. The van der Waals surface area contributed by atoms with Crippen LogP contribution in [0.5, 0.6) is 5.75 Å². The van der Waals surface area contributed by atoms with Crippen molar-refractivity contribution in [3.63, 3.8) is 0 Å². The van der Waals surface area contributed by atoms with Gasteiger partial charge in [0, 0.05) is 6.20 Å². The second-order valence-electron chi connectivity index (χ2n) is 4.81. The molecule has 0 saturated carbocycles. The molecule has 1 aromatic heterocycles. The van der Waals surface area contributed by atoms with E-state index in [-0.39, 0.29) is 11.1 Å². The largest absolute Gasteiger partial charge is 0.491 e. The van der Waals surface area contributed by atoms with Gasteiger partial charge in [-0.25, -0.2) is 9.78 Å². The standard InChI is InChI=1S/C12H17NO3/c1-12(2,3)6-8-16-9-5-4-7-13-10(9)11(14)15/h4-5,7H,6,8H2,1-3H3,(H,14,15). The minimum absolute atomic E-state index is 0.0311. The Morgan fingerprint density at radius 1 is 1.50 bits per heavy atom. The van der Waals surface area contributed by atoms with Gasteiger partial charge in [-0.3, -0.25) is 0 Å². The smallest absolute Gasteiger partial charge is 0.358 e. The molecule has 0 radical (unpaired) electrons.